The maximum atomic E-state index is 5.70. The van der Waals surface area contributed by atoms with E-state index in [1.807, 2.05) is 0 Å². The van der Waals surface area contributed by atoms with Crippen LogP contribution in [0.2, 0.25) is 5.02 Å². The highest BCUT2D eigenvalue weighted by molar-refractivity contribution is 9.10. The second-order valence-electron chi connectivity index (χ2n) is 1.70. The average Bonchev–Trinajstić information content (AvgIpc) is 1.95. The van der Waals surface area contributed by atoms with Gasteiger partial charge in [-0.1, -0.05) is 11.6 Å². The number of hydrogen-bond donors (Lipinski definition) is 0. The molecule has 0 saturated carbocycles. The molecule has 0 N–H and O–H groups in total. The fourth-order valence-corrected chi connectivity index (χ4v) is 0.978. The monoisotopic (exact) mass is 219 g/mol. The average molecular weight is 220 g/mol. The summed E-state index contributed by atoms with van der Waals surface area (Å²) >= 11 is 8.96. The van der Waals surface area contributed by atoms with Crippen molar-refractivity contribution >= 4 is 27.5 Å². The van der Waals surface area contributed by atoms with Crippen LogP contribution in [0.5, 0.6) is 5.75 Å². The van der Waals surface area contributed by atoms with Crippen LogP contribution in [0.1, 0.15) is 0 Å². The molecule has 0 saturated heterocycles. The number of rotatable bonds is 1. The van der Waals surface area contributed by atoms with Gasteiger partial charge in [0, 0.05) is 10.5 Å². The van der Waals surface area contributed by atoms with Crippen molar-refractivity contribution in [1.82, 2.24) is 0 Å². The molecule has 1 radical (unpaired) electrons. The van der Waals surface area contributed by atoms with Crippen LogP contribution in [0.4, 0.5) is 0 Å². The lowest BCUT2D eigenvalue weighted by molar-refractivity contribution is 0.413. The summed E-state index contributed by atoms with van der Waals surface area (Å²) in [6.45, 7) is 0. The van der Waals surface area contributed by atoms with E-state index >= 15 is 0 Å². The predicted octanol–water partition coefficient (Wildman–Crippen LogP) is 2.91. The maximum Gasteiger partial charge on any atom is 0.128 e. The zero-order valence-electron chi connectivity index (χ0n) is 5.32. The van der Waals surface area contributed by atoms with Gasteiger partial charge in [-0.2, -0.15) is 0 Å². The highest BCUT2D eigenvalue weighted by Gasteiger charge is 1.97. The Bertz CT molecular complexity index is 237. The maximum absolute atomic E-state index is 5.70. The van der Waals surface area contributed by atoms with E-state index in [9.17, 15) is 0 Å². The van der Waals surface area contributed by atoms with Crippen LogP contribution in [0.15, 0.2) is 16.6 Å². The largest absolute Gasteiger partial charge is 0.496 e. The molecule has 0 spiro atoms. The molecule has 3 heteroatoms. The lowest BCUT2D eigenvalue weighted by atomic mass is 10.3. The van der Waals surface area contributed by atoms with Crippen LogP contribution in [-0.2, 0) is 0 Å². The van der Waals surface area contributed by atoms with E-state index in [0.29, 0.717) is 10.8 Å². The molecule has 0 atom stereocenters. The van der Waals surface area contributed by atoms with Crippen molar-refractivity contribution in [3.05, 3.63) is 27.7 Å². The molecule has 0 aliphatic carbocycles. The lowest BCUT2D eigenvalue weighted by Gasteiger charge is -1.99. The minimum atomic E-state index is 0.640. The molecule has 1 aromatic rings. The summed E-state index contributed by atoms with van der Waals surface area (Å²) in [5.74, 6) is 0.677. The Morgan fingerprint density at radius 1 is 1.70 bits per heavy atom. The first-order valence-electron chi connectivity index (χ1n) is 2.65. The van der Waals surface area contributed by atoms with Crippen molar-refractivity contribution < 1.29 is 4.74 Å². The van der Waals surface area contributed by atoms with E-state index in [1.165, 1.54) is 0 Å². The van der Waals surface area contributed by atoms with Gasteiger partial charge in [-0.15, -0.1) is 0 Å². The van der Waals surface area contributed by atoms with Gasteiger partial charge in [0.1, 0.15) is 5.75 Å². The van der Waals surface area contributed by atoms with Gasteiger partial charge in [0.2, 0.25) is 0 Å². The van der Waals surface area contributed by atoms with Gasteiger partial charge in [0.15, 0.2) is 0 Å². The van der Waals surface area contributed by atoms with Gasteiger partial charge in [0.05, 0.1) is 12.1 Å². The Balaban J connectivity index is 3.04. The third-order valence-electron chi connectivity index (χ3n) is 1.05. The Morgan fingerprint density at radius 2 is 2.40 bits per heavy atom. The second-order valence-corrected chi connectivity index (χ2v) is 2.96. The van der Waals surface area contributed by atoms with Crippen LogP contribution in [0.3, 0.4) is 0 Å². The van der Waals surface area contributed by atoms with E-state index in [4.69, 9.17) is 16.3 Å². The quantitative estimate of drug-likeness (QED) is 0.707. The van der Waals surface area contributed by atoms with Crippen molar-refractivity contribution in [2.75, 3.05) is 7.11 Å². The highest BCUT2D eigenvalue weighted by Crippen LogP contribution is 2.25. The molecule has 1 aromatic carbocycles. The third-order valence-corrected chi connectivity index (χ3v) is 2.24. The second kappa shape index (κ2) is 3.26. The van der Waals surface area contributed by atoms with Crippen molar-refractivity contribution in [3.63, 3.8) is 0 Å². The normalized spacial score (nSPS) is 9.50. The fourth-order valence-electron chi connectivity index (χ4n) is 0.547. The molecule has 10 heavy (non-hydrogen) atoms. The summed E-state index contributed by atoms with van der Waals surface area (Å²) in [6, 6.07) is 6.27. The first kappa shape index (κ1) is 7.89. The van der Waals surface area contributed by atoms with Gasteiger partial charge >= 0.3 is 0 Å². The number of hydrogen-bond acceptors (Lipinski definition) is 1. The standard InChI is InChI=1S/C7H5BrClO/c1-10-5-2-3-7(9)6(8)4-5/h3-4H,1H3. The van der Waals surface area contributed by atoms with Gasteiger partial charge in [-0.25, -0.2) is 0 Å². The minimum absolute atomic E-state index is 0.640. The molecule has 0 aromatic heterocycles. The minimum Gasteiger partial charge on any atom is -0.496 e. The van der Waals surface area contributed by atoms with Gasteiger partial charge < -0.3 is 4.74 Å². The SMILES string of the molecule is COc1[c]cc(Cl)c(Br)c1. The summed E-state index contributed by atoms with van der Waals surface area (Å²) in [5.41, 5.74) is 0. The predicted molar refractivity (Wildman–Crippen MR) is 44.5 cm³/mol. The van der Waals surface area contributed by atoms with Crippen molar-refractivity contribution in [1.29, 1.82) is 0 Å². The molecule has 0 aliphatic rings. The molecule has 1 nitrogen and oxygen atoms in total. The van der Waals surface area contributed by atoms with Gasteiger partial charge in [-0.05, 0) is 28.1 Å². The molecular weight excluding hydrogens is 215 g/mol. The summed E-state index contributed by atoms with van der Waals surface area (Å²) in [5, 5.41) is 0.640. The zero-order chi connectivity index (χ0) is 7.56. The van der Waals surface area contributed by atoms with Crippen LogP contribution < -0.4 is 4.74 Å². The number of methoxy groups -OCH3 is 1. The van der Waals surface area contributed by atoms with Crippen LogP contribution in [0, 0.1) is 6.07 Å². The van der Waals surface area contributed by atoms with Crippen LogP contribution in [-0.4, -0.2) is 7.11 Å². The summed E-state index contributed by atoms with van der Waals surface area (Å²) in [6.07, 6.45) is 0. The molecule has 0 amide bonds. The summed E-state index contributed by atoms with van der Waals surface area (Å²) < 4.78 is 5.73. The highest BCUT2D eigenvalue weighted by atomic mass is 79.9. The van der Waals surface area contributed by atoms with E-state index < -0.39 is 0 Å². The smallest absolute Gasteiger partial charge is 0.128 e. The van der Waals surface area contributed by atoms with Crippen LogP contribution in [0.25, 0.3) is 0 Å². The third kappa shape index (κ3) is 1.64. The topological polar surface area (TPSA) is 9.23 Å². The Labute approximate surface area is 73.1 Å². The van der Waals surface area contributed by atoms with E-state index in [0.717, 1.165) is 4.47 Å². The molecule has 0 bridgehead atoms. The fraction of sp³-hybridized carbons (Fsp3) is 0.143. The Kier molecular flexibility index (Phi) is 2.57. The Hall–Kier alpha value is -0.210. The first-order chi connectivity index (χ1) is 4.74. The van der Waals surface area contributed by atoms with Crippen LogP contribution >= 0.6 is 27.5 Å². The zero-order valence-corrected chi connectivity index (χ0v) is 7.66. The van der Waals surface area contributed by atoms with E-state index in [1.54, 1.807) is 19.2 Å². The summed E-state index contributed by atoms with van der Waals surface area (Å²) in [7, 11) is 1.59. The van der Waals surface area contributed by atoms with E-state index in [2.05, 4.69) is 22.0 Å². The molecule has 1 rings (SSSR count). The number of halogens is 2. The molecular formula is C7H5BrClO. The van der Waals surface area contributed by atoms with Crippen molar-refractivity contribution in [2.24, 2.45) is 0 Å². The Morgan fingerprint density at radius 3 is 2.90 bits per heavy atom. The lowest BCUT2D eigenvalue weighted by Crippen LogP contribution is -1.81. The molecule has 0 fully saturated rings. The number of ether oxygens (including phenoxy) is 1. The van der Waals surface area contributed by atoms with Gasteiger partial charge in [0.25, 0.3) is 0 Å². The van der Waals surface area contributed by atoms with Gasteiger partial charge in [-0.3, -0.25) is 0 Å². The van der Waals surface area contributed by atoms with E-state index in [-0.39, 0.29) is 0 Å². The summed E-state index contributed by atoms with van der Waals surface area (Å²) in [4.78, 5) is 0. The molecule has 53 valence electrons. The molecule has 0 heterocycles. The first-order valence-corrected chi connectivity index (χ1v) is 3.82. The van der Waals surface area contributed by atoms with Crippen molar-refractivity contribution in [3.8, 4) is 5.75 Å². The number of benzene rings is 1. The molecule has 0 unspecified atom stereocenters. The van der Waals surface area contributed by atoms with Crippen molar-refractivity contribution in [2.45, 2.75) is 0 Å². The molecule has 0 aliphatic heterocycles.